The van der Waals surface area contributed by atoms with Crippen molar-refractivity contribution >= 4 is 11.9 Å². The number of carbonyl (C=O) groups is 2. The molecule has 1 aliphatic rings. The average molecular weight is 284 g/mol. The Hall–Kier alpha value is -1.06. The zero-order valence-corrected chi connectivity index (χ0v) is 13.2. The molecule has 4 heteroatoms. The summed E-state index contributed by atoms with van der Waals surface area (Å²) in [6.07, 6.45) is 6.23. The smallest absolute Gasteiger partial charge is 0.312 e. The van der Waals surface area contributed by atoms with Gasteiger partial charge in [-0.2, -0.15) is 0 Å². The molecule has 0 aromatic rings. The van der Waals surface area contributed by atoms with Crippen molar-refractivity contribution in [2.45, 2.75) is 78.7 Å². The molecule has 1 aliphatic carbocycles. The van der Waals surface area contributed by atoms with E-state index >= 15 is 0 Å². The van der Waals surface area contributed by atoms with Gasteiger partial charge in [-0.3, -0.25) is 9.59 Å². The molecule has 1 saturated carbocycles. The lowest BCUT2D eigenvalue weighted by molar-refractivity contribution is -0.166. The van der Waals surface area contributed by atoms with Gasteiger partial charge in [-0.15, -0.1) is 0 Å². The third-order valence-corrected chi connectivity index (χ3v) is 4.51. The lowest BCUT2D eigenvalue weighted by Gasteiger charge is -2.34. The van der Waals surface area contributed by atoms with Gasteiger partial charge < -0.3 is 9.84 Å². The molecule has 0 heterocycles. The molecular weight excluding hydrogens is 256 g/mol. The van der Waals surface area contributed by atoms with Crippen molar-refractivity contribution in [3.63, 3.8) is 0 Å². The summed E-state index contributed by atoms with van der Waals surface area (Å²) in [5.74, 6) is -1.11. The van der Waals surface area contributed by atoms with Crippen molar-refractivity contribution in [1.29, 1.82) is 0 Å². The van der Waals surface area contributed by atoms with Crippen LogP contribution in [0, 0.1) is 10.8 Å². The van der Waals surface area contributed by atoms with E-state index < -0.39 is 16.8 Å². The summed E-state index contributed by atoms with van der Waals surface area (Å²) >= 11 is 0. The van der Waals surface area contributed by atoms with Crippen molar-refractivity contribution in [2.75, 3.05) is 0 Å². The first-order valence-corrected chi connectivity index (χ1v) is 7.66. The van der Waals surface area contributed by atoms with Gasteiger partial charge in [0.1, 0.15) is 6.10 Å². The maximum absolute atomic E-state index is 12.4. The molecule has 116 valence electrons. The van der Waals surface area contributed by atoms with Crippen LogP contribution >= 0.6 is 0 Å². The molecule has 0 spiro atoms. The van der Waals surface area contributed by atoms with Gasteiger partial charge in [0.25, 0.3) is 0 Å². The summed E-state index contributed by atoms with van der Waals surface area (Å²) in [7, 11) is 0. The molecule has 1 atom stereocenters. The number of hydrogen-bond donors (Lipinski definition) is 1. The Kier molecular flexibility index (Phi) is 5.60. The van der Waals surface area contributed by atoms with E-state index in [-0.39, 0.29) is 12.1 Å². The van der Waals surface area contributed by atoms with Gasteiger partial charge >= 0.3 is 11.9 Å². The van der Waals surface area contributed by atoms with Crippen molar-refractivity contribution in [2.24, 2.45) is 10.8 Å². The fourth-order valence-corrected chi connectivity index (χ4v) is 2.87. The molecule has 0 amide bonds. The predicted molar refractivity (Wildman–Crippen MR) is 77.4 cm³/mol. The van der Waals surface area contributed by atoms with E-state index in [1.165, 1.54) is 6.42 Å². The van der Waals surface area contributed by atoms with E-state index in [0.717, 1.165) is 25.7 Å². The lowest BCUT2D eigenvalue weighted by atomic mass is 9.72. The number of esters is 1. The summed E-state index contributed by atoms with van der Waals surface area (Å²) in [6.45, 7) is 7.07. The quantitative estimate of drug-likeness (QED) is 0.754. The fourth-order valence-electron chi connectivity index (χ4n) is 2.87. The minimum atomic E-state index is -0.920. The van der Waals surface area contributed by atoms with Crippen LogP contribution in [0.3, 0.4) is 0 Å². The highest BCUT2D eigenvalue weighted by molar-refractivity contribution is 5.79. The normalized spacial score (nSPS) is 20.2. The van der Waals surface area contributed by atoms with E-state index in [1.54, 1.807) is 13.8 Å². The van der Waals surface area contributed by atoms with E-state index in [0.29, 0.717) is 12.8 Å². The number of carboxylic acids is 1. The third-order valence-electron chi connectivity index (χ3n) is 4.51. The van der Waals surface area contributed by atoms with Crippen LogP contribution in [-0.4, -0.2) is 23.1 Å². The Morgan fingerprint density at radius 1 is 1.15 bits per heavy atom. The molecule has 0 radical (unpaired) electrons. The van der Waals surface area contributed by atoms with E-state index in [2.05, 4.69) is 0 Å². The van der Waals surface area contributed by atoms with Gasteiger partial charge in [0.05, 0.1) is 10.8 Å². The highest BCUT2D eigenvalue weighted by atomic mass is 16.5. The van der Waals surface area contributed by atoms with E-state index in [9.17, 15) is 14.7 Å². The lowest BCUT2D eigenvalue weighted by Crippen LogP contribution is -2.39. The highest BCUT2D eigenvalue weighted by Gasteiger charge is 2.42. The standard InChI is InChI=1S/C16H28O4/c1-5-16(4,11-15(2,3)13(17)18)14(19)20-12-9-7-6-8-10-12/h12H,5-11H2,1-4H3,(H,17,18). The summed E-state index contributed by atoms with van der Waals surface area (Å²) in [5.41, 5.74) is -1.64. The fraction of sp³-hybridized carbons (Fsp3) is 0.875. The first-order valence-electron chi connectivity index (χ1n) is 7.66. The maximum atomic E-state index is 12.4. The van der Waals surface area contributed by atoms with E-state index in [4.69, 9.17) is 4.74 Å². The molecule has 1 N–H and O–H groups in total. The molecular formula is C16H28O4. The largest absolute Gasteiger partial charge is 0.481 e. The monoisotopic (exact) mass is 284 g/mol. The van der Waals surface area contributed by atoms with Crippen molar-refractivity contribution in [3.05, 3.63) is 0 Å². The molecule has 0 bridgehead atoms. The van der Waals surface area contributed by atoms with Crippen LogP contribution in [0.2, 0.25) is 0 Å². The van der Waals surface area contributed by atoms with Gasteiger partial charge in [0.2, 0.25) is 0 Å². The van der Waals surface area contributed by atoms with Crippen LogP contribution in [0.4, 0.5) is 0 Å². The zero-order valence-electron chi connectivity index (χ0n) is 13.2. The SMILES string of the molecule is CCC(C)(CC(C)(C)C(=O)O)C(=O)OC1CCCCC1. The highest BCUT2D eigenvalue weighted by Crippen LogP contribution is 2.38. The minimum absolute atomic E-state index is 0.0232. The molecule has 4 nitrogen and oxygen atoms in total. The van der Waals surface area contributed by atoms with Crippen molar-refractivity contribution in [1.82, 2.24) is 0 Å². The molecule has 1 rings (SSSR count). The Morgan fingerprint density at radius 3 is 2.15 bits per heavy atom. The van der Waals surface area contributed by atoms with E-state index in [1.807, 2.05) is 13.8 Å². The predicted octanol–water partition coefficient (Wildman–Crippen LogP) is 3.78. The summed E-state index contributed by atoms with van der Waals surface area (Å²) in [4.78, 5) is 23.7. The van der Waals surface area contributed by atoms with Crippen LogP contribution in [0.15, 0.2) is 0 Å². The second-order valence-electron chi connectivity index (χ2n) is 6.95. The molecule has 0 saturated heterocycles. The van der Waals surface area contributed by atoms with Gasteiger partial charge in [-0.25, -0.2) is 0 Å². The molecule has 0 aromatic carbocycles. The number of hydrogen-bond acceptors (Lipinski definition) is 3. The second-order valence-corrected chi connectivity index (χ2v) is 6.95. The minimum Gasteiger partial charge on any atom is -0.481 e. The van der Waals surface area contributed by atoms with Crippen LogP contribution in [-0.2, 0) is 14.3 Å². The number of ether oxygens (including phenoxy) is 1. The van der Waals surface area contributed by atoms with Gasteiger partial charge in [-0.05, 0) is 59.3 Å². The molecule has 1 fully saturated rings. The van der Waals surface area contributed by atoms with Crippen molar-refractivity contribution < 1.29 is 19.4 Å². The molecule has 1 unspecified atom stereocenters. The maximum Gasteiger partial charge on any atom is 0.312 e. The Labute approximate surface area is 121 Å². The molecule has 0 aliphatic heterocycles. The number of aliphatic carboxylic acids is 1. The molecule has 0 aromatic heterocycles. The zero-order chi connectivity index (χ0) is 15.4. The summed E-state index contributed by atoms with van der Waals surface area (Å²) in [6, 6.07) is 0. The van der Waals surface area contributed by atoms with Gasteiger partial charge in [0, 0.05) is 0 Å². The van der Waals surface area contributed by atoms with Crippen LogP contribution < -0.4 is 0 Å². The summed E-state index contributed by atoms with van der Waals surface area (Å²) in [5, 5.41) is 9.25. The number of rotatable bonds is 6. The molecule has 20 heavy (non-hydrogen) atoms. The van der Waals surface area contributed by atoms with Crippen LogP contribution in [0.5, 0.6) is 0 Å². The Bertz CT molecular complexity index is 355. The topological polar surface area (TPSA) is 63.6 Å². The second kappa shape index (κ2) is 6.59. The third kappa shape index (κ3) is 4.22. The van der Waals surface area contributed by atoms with Crippen LogP contribution in [0.1, 0.15) is 72.6 Å². The average Bonchev–Trinajstić information content (AvgIpc) is 2.39. The van der Waals surface area contributed by atoms with Gasteiger partial charge in [0.15, 0.2) is 0 Å². The number of carboxylic acid groups (broad SMARTS) is 1. The van der Waals surface area contributed by atoms with Crippen molar-refractivity contribution in [3.8, 4) is 0 Å². The van der Waals surface area contributed by atoms with Crippen LogP contribution in [0.25, 0.3) is 0 Å². The first kappa shape index (κ1) is 17.0. The Balaban J connectivity index is 2.71. The number of carbonyl (C=O) groups excluding carboxylic acids is 1. The first-order chi connectivity index (χ1) is 9.21. The Morgan fingerprint density at radius 2 is 1.70 bits per heavy atom. The van der Waals surface area contributed by atoms with Gasteiger partial charge in [-0.1, -0.05) is 13.3 Å². The summed E-state index contributed by atoms with van der Waals surface area (Å²) < 4.78 is 5.64.